The van der Waals surface area contributed by atoms with Crippen LogP contribution in [0.25, 0.3) is 0 Å². The summed E-state index contributed by atoms with van der Waals surface area (Å²) in [6, 6.07) is 9.44. The first-order valence-electron chi connectivity index (χ1n) is 8.83. The van der Waals surface area contributed by atoms with E-state index in [1.54, 1.807) is 11.8 Å². The molecule has 146 valence electrons. The molecule has 27 heavy (non-hydrogen) atoms. The van der Waals surface area contributed by atoms with E-state index in [2.05, 4.69) is 27.6 Å². The molecule has 1 atom stereocenters. The van der Waals surface area contributed by atoms with Crippen LogP contribution in [0.2, 0.25) is 0 Å². The molecule has 0 aliphatic rings. The predicted molar refractivity (Wildman–Crippen MR) is 103 cm³/mol. The van der Waals surface area contributed by atoms with Crippen molar-refractivity contribution in [1.29, 1.82) is 0 Å². The molecule has 1 unspecified atom stereocenters. The molecule has 0 bridgehead atoms. The monoisotopic (exact) mass is 391 g/mol. The van der Waals surface area contributed by atoms with Crippen LogP contribution in [-0.4, -0.2) is 47.2 Å². The number of hydrogen-bond donors (Lipinski definition) is 1. The largest absolute Gasteiger partial charge is 0.467 e. The highest BCUT2D eigenvalue weighted by Gasteiger charge is 2.21. The second-order valence-corrected chi connectivity index (χ2v) is 6.99. The number of benzene rings is 1. The number of carbonyl (C=O) groups excluding carboxylic acids is 2. The third-order valence-electron chi connectivity index (χ3n) is 3.98. The number of methoxy groups -OCH3 is 1. The molecule has 0 fully saturated rings. The van der Waals surface area contributed by atoms with Gasteiger partial charge in [-0.3, -0.25) is 4.79 Å². The van der Waals surface area contributed by atoms with Crippen molar-refractivity contribution in [3.8, 4) is 0 Å². The van der Waals surface area contributed by atoms with E-state index in [1.165, 1.54) is 12.7 Å². The maximum Gasteiger partial charge on any atom is 0.328 e. The molecular weight excluding hydrogens is 366 g/mol. The van der Waals surface area contributed by atoms with E-state index in [4.69, 9.17) is 9.15 Å². The predicted octanol–water partition coefficient (Wildman–Crippen LogP) is 2.20. The molecule has 7 nitrogen and oxygen atoms in total. The highest BCUT2D eigenvalue weighted by molar-refractivity contribution is 7.98. The van der Waals surface area contributed by atoms with E-state index >= 15 is 0 Å². The van der Waals surface area contributed by atoms with Crippen molar-refractivity contribution in [1.82, 2.24) is 15.5 Å². The number of carbonyl (C=O) groups is 2. The Morgan fingerprint density at radius 2 is 1.85 bits per heavy atom. The number of esters is 1. The number of nitrogens with one attached hydrogen (secondary N) is 1. The second-order valence-electron chi connectivity index (χ2n) is 6.00. The minimum atomic E-state index is -0.626. The Hall–Kier alpha value is -2.35. The molecule has 0 spiro atoms. The van der Waals surface area contributed by atoms with E-state index < -0.39 is 12.0 Å². The van der Waals surface area contributed by atoms with Crippen LogP contribution >= 0.6 is 11.8 Å². The SMILES string of the molecule is COC(=O)C(CCSC)NC(=O)CCc1nnc(CCc2ccccc2)o1. The lowest BCUT2D eigenvalue weighted by atomic mass is 10.1. The zero-order valence-corrected chi connectivity index (χ0v) is 16.5. The Kier molecular flexibility index (Phi) is 8.83. The van der Waals surface area contributed by atoms with Crippen molar-refractivity contribution in [3.63, 3.8) is 0 Å². The molecule has 0 aliphatic heterocycles. The minimum absolute atomic E-state index is 0.174. The fraction of sp³-hybridized carbons (Fsp3) is 0.474. The number of ether oxygens (including phenoxy) is 1. The number of nitrogens with zero attached hydrogens (tertiary/aromatic N) is 2. The van der Waals surface area contributed by atoms with Crippen LogP contribution in [0.1, 0.15) is 30.2 Å². The zero-order valence-electron chi connectivity index (χ0n) is 15.6. The topological polar surface area (TPSA) is 94.3 Å². The average molecular weight is 391 g/mol. The number of hydrogen-bond acceptors (Lipinski definition) is 7. The molecule has 0 radical (unpaired) electrons. The van der Waals surface area contributed by atoms with E-state index in [-0.39, 0.29) is 12.3 Å². The van der Waals surface area contributed by atoms with Crippen LogP contribution in [0.3, 0.4) is 0 Å². The lowest BCUT2D eigenvalue weighted by Crippen LogP contribution is -2.42. The maximum absolute atomic E-state index is 12.1. The van der Waals surface area contributed by atoms with Crippen molar-refractivity contribution in [2.24, 2.45) is 0 Å². The summed E-state index contributed by atoms with van der Waals surface area (Å²) in [6.07, 6.45) is 4.46. The van der Waals surface area contributed by atoms with Gasteiger partial charge in [0.25, 0.3) is 0 Å². The van der Waals surface area contributed by atoms with Gasteiger partial charge in [0.15, 0.2) is 0 Å². The molecule has 1 aromatic heterocycles. The van der Waals surface area contributed by atoms with Gasteiger partial charge in [-0.1, -0.05) is 30.3 Å². The van der Waals surface area contributed by atoms with Crippen molar-refractivity contribution in [2.75, 3.05) is 19.1 Å². The Labute approximate surface area is 163 Å². The normalized spacial score (nSPS) is 11.8. The second kappa shape index (κ2) is 11.4. The molecule has 0 aliphatic carbocycles. The van der Waals surface area contributed by atoms with E-state index in [0.717, 1.165) is 12.2 Å². The maximum atomic E-state index is 12.1. The van der Waals surface area contributed by atoms with Crippen LogP contribution in [0, 0.1) is 0 Å². The van der Waals surface area contributed by atoms with Gasteiger partial charge in [0.2, 0.25) is 17.7 Å². The van der Waals surface area contributed by atoms with Crippen molar-refractivity contribution in [3.05, 3.63) is 47.7 Å². The van der Waals surface area contributed by atoms with E-state index in [1.807, 2.05) is 24.5 Å². The number of rotatable bonds is 11. The van der Waals surface area contributed by atoms with Gasteiger partial charge in [-0.15, -0.1) is 10.2 Å². The average Bonchev–Trinajstić information content (AvgIpc) is 3.16. The summed E-state index contributed by atoms with van der Waals surface area (Å²) in [6.45, 7) is 0. The van der Waals surface area contributed by atoms with Crippen molar-refractivity contribution >= 4 is 23.6 Å². The Morgan fingerprint density at radius 3 is 2.52 bits per heavy atom. The van der Waals surface area contributed by atoms with Crippen LogP contribution in [0.5, 0.6) is 0 Å². The van der Waals surface area contributed by atoms with E-state index in [0.29, 0.717) is 31.0 Å². The molecule has 2 aromatic rings. The molecule has 0 saturated heterocycles. The number of aryl methyl sites for hydroxylation is 3. The lowest BCUT2D eigenvalue weighted by Gasteiger charge is -2.15. The molecule has 8 heteroatoms. The quantitative estimate of drug-likeness (QED) is 0.587. The van der Waals surface area contributed by atoms with E-state index in [9.17, 15) is 9.59 Å². The van der Waals surface area contributed by atoms with Crippen LogP contribution in [-0.2, 0) is 33.6 Å². The fourth-order valence-electron chi connectivity index (χ4n) is 2.50. The Morgan fingerprint density at radius 1 is 1.15 bits per heavy atom. The summed E-state index contributed by atoms with van der Waals surface area (Å²) in [7, 11) is 1.32. The molecular formula is C19H25N3O4S. The lowest BCUT2D eigenvalue weighted by molar-refractivity contribution is -0.145. The van der Waals surface area contributed by atoms with Gasteiger partial charge >= 0.3 is 5.97 Å². The van der Waals surface area contributed by atoms with Gasteiger partial charge in [-0.2, -0.15) is 11.8 Å². The number of amides is 1. The molecule has 1 amide bonds. The smallest absolute Gasteiger partial charge is 0.328 e. The molecule has 0 saturated carbocycles. The van der Waals surface area contributed by atoms with Gasteiger partial charge in [-0.05, 0) is 30.4 Å². The first-order chi connectivity index (χ1) is 13.1. The summed E-state index contributed by atoms with van der Waals surface area (Å²) in [5.74, 6) is 1.07. The summed E-state index contributed by atoms with van der Waals surface area (Å²) in [4.78, 5) is 23.8. The van der Waals surface area contributed by atoms with Crippen molar-refractivity contribution in [2.45, 2.75) is 38.1 Å². The molecule has 1 N–H and O–H groups in total. The van der Waals surface area contributed by atoms with Gasteiger partial charge in [0.05, 0.1) is 7.11 Å². The van der Waals surface area contributed by atoms with Crippen LogP contribution < -0.4 is 5.32 Å². The highest BCUT2D eigenvalue weighted by atomic mass is 32.2. The number of aromatic nitrogens is 2. The Bertz CT molecular complexity index is 721. The molecule has 1 heterocycles. The van der Waals surface area contributed by atoms with Gasteiger partial charge in [0, 0.05) is 19.3 Å². The molecule has 1 aromatic carbocycles. The fourth-order valence-corrected chi connectivity index (χ4v) is 2.97. The third-order valence-corrected chi connectivity index (χ3v) is 4.62. The van der Waals surface area contributed by atoms with Gasteiger partial charge in [0.1, 0.15) is 6.04 Å². The summed E-state index contributed by atoms with van der Waals surface area (Å²) >= 11 is 1.61. The first kappa shape index (κ1) is 21.0. The minimum Gasteiger partial charge on any atom is -0.467 e. The number of thioether (sulfide) groups is 1. The first-order valence-corrected chi connectivity index (χ1v) is 10.2. The zero-order chi connectivity index (χ0) is 19.5. The Balaban J connectivity index is 1.77. The van der Waals surface area contributed by atoms with Gasteiger partial charge < -0.3 is 14.5 Å². The van der Waals surface area contributed by atoms with Crippen LogP contribution in [0.15, 0.2) is 34.7 Å². The third kappa shape index (κ3) is 7.42. The van der Waals surface area contributed by atoms with Crippen LogP contribution in [0.4, 0.5) is 0 Å². The summed E-state index contributed by atoms with van der Waals surface area (Å²) < 4.78 is 10.3. The standard InChI is InChI=1S/C19H25N3O4S/c1-25-19(24)15(12-13-27-2)20-16(23)9-11-18-22-21-17(26-18)10-8-14-6-4-3-5-7-14/h3-7,15H,8-13H2,1-2H3,(H,20,23). The summed E-state index contributed by atoms with van der Waals surface area (Å²) in [5, 5.41) is 10.7. The highest BCUT2D eigenvalue weighted by Crippen LogP contribution is 2.09. The van der Waals surface area contributed by atoms with Gasteiger partial charge in [-0.25, -0.2) is 4.79 Å². The molecule has 2 rings (SSSR count). The van der Waals surface area contributed by atoms with Crippen molar-refractivity contribution < 1.29 is 18.7 Å². The summed E-state index contributed by atoms with van der Waals surface area (Å²) in [5.41, 5.74) is 1.20.